The highest BCUT2D eigenvalue weighted by molar-refractivity contribution is 5.82. The van der Waals surface area contributed by atoms with Gasteiger partial charge in [-0.3, -0.25) is 9.78 Å². The van der Waals surface area contributed by atoms with E-state index >= 15 is 0 Å². The quantitative estimate of drug-likeness (QED) is 0.664. The Morgan fingerprint density at radius 1 is 1.17 bits per heavy atom. The lowest BCUT2D eigenvalue weighted by atomic mass is 9.96. The summed E-state index contributed by atoms with van der Waals surface area (Å²) in [5.41, 5.74) is 9.58. The molecule has 29 heavy (non-hydrogen) atoms. The summed E-state index contributed by atoms with van der Waals surface area (Å²) in [5, 5.41) is 9.79. The van der Waals surface area contributed by atoms with E-state index in [2.05, 4.69) is 29.9 Å². The number of hydrogen-bond donors (Lipinski definition) is 1. The molecule has 3 rings (SSSR count). The number of aromatic nitrogens is 2. The molecule has 0 spiro atoms. The molecule has 0 aliphatic carbocycles. The Morgan fingerprint density at radius 3 is 2.52 bits per heavy atom. The van der Waals surface area contributed by atoms with Crippen LogP contribution in [0.4, 0.5) is 0 Å². The van der Waals surface area contributed by atoms with E-state index in [1.165, 1.54) is 5.56 Å². The molecule has 0 atom stereocenters. The molecular formula is C23H22N4O2. The second-order valence-corrected chi connectivity index (χ2v) is 6.87. The van der Waals surface area contributed by atoms with Crippen LogP contribution in [0.5, 0.6) is 5.88 Å². The number of pyridine rings is 2. The molecule has 1 aromatic carbocycles. The zero-order valence-corrected chi connectivity index (χ0v) is 16.4. The molecule has 0 bridgehead atoms. The largest absolute Gasteiger partial charge is 0.469 e. The van der Waals surface area contributed by atoms with E-state index in [1.807, 2.05) is 48.5 Å². The first-order valence-corrected chi connectivity index (χ1v) is 9.35. The lowest BCUT2D eigenvalue weighted by Gasteiger charge is -2.13. The van der Waals surface area contributed by atoms with E-state index in [9.17, 15) is 10.1 Å². The average molecular weight is 386 g/mol. The maximum atomic E-state index is 11.6. The van der Waals surface area contributed by atoms with Crippen molar-refractivity contribution in [3.63, 3.8) is 0 Å². The van der Waals surface area contributed by atoms with Gasteiger partial charge in [0.2, 0.25) is 5.88 Å². The standard InChI is InChI=1S/C23H22N4O2/c1-15(2)16-6-8-17(9-7-16)19-11-22(21-5-3-4-10-26-21)27-23(20(19)13-25)29-14-18(28)12-24/h3-11,15H,12,14,24H2,1-2H3. The lowest BCUT2D eigenvalue weighted by molar-refractivity contribution is -0.119. The molecule has 6 heteroatoms. The number of nitriles is 1. The van der Waals surface area contributed by atoms with Gasteiger partial charge in [0, 0.05) is 11.8 Å². The molecule has 0 radical (unpaired) electrons. The van der Waals surface area contributed by atoms with E-state index in [0.29, 0.717) is 22.9 Å². The van der Waals surface area contributed by atoms with Crippen LogP contribution in [0, 0.1) is 11.3 Å². The van der Waals surface area contributed by atoms with Gasteiger partial charge >= 0.3 is 0 Å². The first-order chi connectivity index (χ1) is 14.0. The van der Waals surface area contributed by atoms with Crippen molar-refractivity contribution in [3.05, 3.63) is 65.9 Å². The molecule has 0 unspecified atom stereocenters. The third-order valence-electron chi connectivity index (χ3n) is 4.51. The molecule has 2 N–H and O–H groups in total. The van der Waals surface area contributed by atoms with Gasteiger partial charge in [-0.25, -0.2) is 4.98 Å². The Balaban J connectivity index is 2.14. The first kappa shape index (κ1) is 20.2. The zero-order chi connectivity index (χ0) is 20.8. The van der Waals surface area contributed by atoms with Gasteiger partial charge in [-0.1, -0.05) is 44.2 Å². The number of carbonyl (C=O) groups excluding carboxylic acids is 1. The fourth-order valence-corrected chi connectivity index (χ4v) is 2.86. The summed E-state index contributed by atoms with van der Waals surface area (Å²) in [6.45, 7) is 3.88. The number of rotatable bonds is 7. The van der Waals surface area contributed by atoms with Crippen LogP contribution in [0.2, 0.25) is 0 Å². The lowest BCUT2D eigenvalue weighted by Crippen LogP contribution is -2.21. The summed E-state index contributed by atoms with van der Waals surface area (Å²) in [6, 6.07) is 17.5. The van der Waals surface area contributed by atoms with Crippen LogP contribution in [0.3, 0.4) is 0 Å². The summed E-state index contributed by atoms with van der Waals surface area (Å²) >= 11 is 0. The molecule has 3 aromatic rings. The minimum absolute atomic E-state index is 0.0976. The van der Waals surface area contributed by atoms with Crippen LogP contribution in [-0.2, 0) is 4.79 Å². The summed E-state index contributed by atoms with van der Waals surface area (Å²) in [6.07, 6.45) is 1.67. The maximum Gasteiger partial charge on any atom is 0.233 e. The Labute approximate surface area is 170 Å². The second kappa shape index (κ2) is 9.09. The van der Waals surface area contributed by atoms with Gasteiger partial charge in [0.25, 0.3) is 0 Å². The topological polar surface area (TPSA) is 102 Å². The van der Waals surface area contributed by atoms with E-state index in [-0.39, 0.29) is 30.4 Å². The highest BCUT2D eigenvalue weighted by atomic mass is 16.5. The van der Waals surface area contributed by atoms with Crippen molar-refractivity contribution >= 4 is 5.78 Å². The van der Waals surface area contributed by atoms with Crippen LogP contribution in [0.25, 0.3) is 22.5 Å². The van der Waals surface area contributed by atoms with E-state index in [1.54, 1.807) is 6.20 Å². The predicted molar refractivity (Wildman–Crippen MR) is 111 cm³/mol. The smallest absolute Gasteiger partial charge is 0.233 e. The number of ether oxygens (including phenoxy) is 1. The van der Waals surface area contributed by atoms with Crippen molar-refractivity contribution in [1.82, 2.24) is 9.97 Å². The molecule has 2 aromatic heterocycles. The number of carbonyl (C=O) groups is 1. The Kier molecular flexibility index (Phi) is 6.32. The van der Waals surface area contributed by atoms with E-state index < -0.39 is 0 Å². The van der Waals surface area contributed by atoms with Gasteiger partial charge < -0.3 is 10.5 Å². The molecule has 0 aliphatic heterocycles. The van der Waals surface area contributed by atoms with Crippen molar-refractivity contribution in [1.29, 1.82) is 5.26 Å². The first-order valence-electron chi connectivity index (χ1n) is 9.35. The number of ketones is 1. The SMILES string of the molecule is CC(C)c1ccc(-c2cc(-c3ccccn3)nc(OCC(=O)CN)c2C#N)cc1. The zero-order valence-electron chi connectivity index (χ0n) is 16.4. The van der Waals surface area contributed by atoms with Gasteiger partial charge in [0.05, 0.1) is 17.9 Å². The highest BCUT2D eigenvalue weighted by Crippen LogP contribution is 2.33. The fourth-order valence-electron chi connectivity index (χ4n) is 2.86. The minimum Gasteiger partial charge on any atom is -0.469 e. The second-order valence-electron chi connectivity index (χ2n) is 6.87. The van der Waals surface area contributed by atoms with Gasteiger partial charge in [0.15, 0.2) is 5.78 Å². The number of nitrogens with zero attached hydrogens (tertiary/aromatic N) is 3. The molecule has 146 valence electrons. The molecule has 0 aliphatic rings. The number of benzene rings is 1. The molecule has 0 amide bonds. The number of hydrogen-bond acceptors (Lipinski definition) is 6. The molecule has 0 saturated heterocycles. The van der Waals surface area contributed by atoms with Gasteiger partial charge in [-0.05, 0) is 35.2 Å². The average Bonchev–Trinajstić information content (AvgIpc) is 2.77. The summed E-state index contributed by atoms with van der Waals surface area (Å²) < 4.78 is 5.58. The van der Waals surface area contributed by atoms with Crippen LogP contribution in [-0.4, -0.2) is 28.9 Å². The molecular weight excluding hydrogens is 364 g/mol. The Bertz CT molecular complexity index is 1040. The monoisotopic (exact) mass is 386 g/mol. The van der Waals surface area contributed by atoms with Gasteiger partial charge in [-0.15, -0.1) is 0 Å². The van der Waals surface area contributed by atoms with Gasteiger partial charge in [-0.2, -0.15) is 5.26 Å². The molecule has 2 heterocycles. The summed E-state index contributed by atoms with van der Waals surface area (Å²) in [7, 11) is 0. The van der Waals surface area contributed by atoms with Crippen LogP contribution in [0.1, 0.15) is 30.9 Å². The van der Waals surface area contributed by atoms with E-state index in [4.69, 9.17) is 10.5 Å². The van der Waals surface area contributed by atoms with Crippen LogP contribution < -0.4 is 10.5 Å². The molecule has 0 fully saturated rings. The van der Waals surface area contributed by atoms with Gasteiger partial charge in [0.1, 0.15) is 18.2 Å². The van der Waals surface area contributed by atoms with E-state index in [0.717, 1.165) is 5.56 Å². The van der Waals surface area contributed by atoms with Crippen molar-refractivity contribution in [3.8, 4) is 34.5 Å². The van der Waals surface area contributed by atoms with Crippen molar-refractivity contribution < 1.29 is 9.53 Å². The normalized spacial score (nSPS) is 10.6. The highest BCUT2D eigenvalue weighted by Gasteiger charge is 2.18. The minimum atomic E-state index is -0.276. The molecule has 6 nitrogen and oxygen atoms in total. The Hall–Kier alpha value is -3.56. The number of nitrogens with two attached hydrogens (primary N) is 1. The fraction of sp³-hybridized carbons (Fsp3) is 0.217. The van der Waals surface area contributed by atoms with Crippen molar-refractivity contribution in [2.24, 2.45) is 5.73 Å². The maximum absolute atomic E-state index is 11.6. The van der Waals surface area contributed by atoms with Crippen molar-refractivity contribution in [2.75, 3.05) is 13.2 Å². The summed E-state index contributed by atoms with van der Waals surface area (Å²) in [4.78, 5) is 20.4. The third-order valence-corrected chi connectivity index (χ3v) is 4.51. The third kappa shape index (κ3) is 4.65. The van der Waals surface area contributed by atoms with Crippen LogP contribution >= 0.6 is 0 Å². The predicted octanol–water partition coefficient (Wildman–Crippen LogP) is 3.71. The Morgan fingerprint density at radius 2 is 1.93 bits per heavy atom. The number of Topliss-reactive ketones (excluding diaryl/α,β-unsaturated/α-hetero) is 1. The molecule has 0 saturated carbocycles. The summed E-state index contributed by atoms with van der Waals surface area (Å²) in [5.74, 6) is 0.226. The van der Waals surface area contributed by atoms with Crippen LogP contribution in [0.15, 0.2) is 54.7 Å². The van der Waals surface area contributed by atoms with Crippen molar-refractivity contribution in [2.45, 2.75) is 19.8 Å².